The van der Waals surface area contributed by atoms with Crippen LogP contribution in [-0.2, 0) is 6.42 Å². The molecule has 0 aromatic heterocycles. The predicted octanol–water partition coefficient (Wildman–Crippen LogP) is 3.57. The molecule has 2 aromatic carbocycles. The van der Waals surface area contributed by atoms with Gasteiger partial charge in [0.1, 0.15) is 11.6 Å². The minimum atomic E-state index is -0.797. The molecule has 94 valence electrons. The monoisotopic (exact) mass is 310 g/mol. The zero-order valence-electron chi connectivity index (χ0n) is 9.48. The van der Waals surface area contributed by atoms with Gasteiger partial charge in [0.25, 0.3) is 0 Å². The number of aliphatic hydroxyl groups excluding tert-OH is 1. The van der Waals surface area contributed by atoms with E-state index >= 15 is 0 Å². The first-order valence-electron chi connectivity index (χ1n) is 5.47. The fourth-order valence-electron chi connectivity index (χ4n) is 1.74. The lowest BCUT2D eigenvalue weighted by Crippen LogP contribution is -2.02. The van der Waals surface area contributed by atoms with Crippen molar-refractivity contribution >= 4 is 15.9 Å². The number of hydrogen-bond donors (Lipinski definition) is 2. The number of hydrogen-bond acceptors (Lipinski definition) is 2. The molecule has 0 radical (unpaired) electrons. The van der Waals surface area contributed by atoms with E-state index in [2.05, 4.69) is 15.9 Å². The van der Waals surface area contributed by atoms with E-state index in [9.17, 15) is 14.6 Å². The van der Waals surface area contributed by atoms with Crippen molar-refractivity contribution in [2.24, 2.45) is 0 Å². The molecule has 2 rings (SSSR count). The maximum atomic E-state index is 13.3. The van der Waals surface area contributed by atoms with Crippen LogP contribution in [0.4, 0.5) is 4.39 Å². The molecule has 0 heterocycles. The summed E-state index contributed by atoms with van der Waals surface area (Å²) in [5, 5.41) is 19.3. The summed E-state index contributed by atoms with van der Waals surface area (Å²) in [6.45, 7) is 0. The first-order chi connectivity index (χ1) is 8.56. The van der Waals surface area contributed by atoms with Crippen molar-refractivity contribution in [2.45, 2.75) is 12.5 Å². The van der Waals surface area contributed by atoms with Gasteiger partial charge in [-0.3, -0.25) is 0 Å². The molecule has 1 unspecified atom stereocenters. The van der Waals surface area contributed by atoms with Crippen LogP contribution < -0.4 is 0 Å². The van der Waals surface area contributed by atoms with E-state index < -0.39 is 11.9 Å². The first kappa shape index (κ1) is 13.1. The van der Waals surface area contributed by atoms with E-state index in [1.165, 1.54) is 6.07 Å². The van der Waals surface area contributed by atoms with Crippen LogP contribution >= 0.6 is 15.9 Å². The Bertz CT molecular complexity index is 557. The number of halogens is 2. The van der Waals surface area contributed by atoms with Crippen LogP contribution in [0.5, 0.6) is 5.75 Å². The molecule has 4 heteroatoms. The molecule has 0 spiro atoms. The van der Waals surface area contributed by atoms with Gasteiger partial charge in [0.05, 0.1) is 10.6 Å². The number of phenolic OH excluding ortho intramolecular Hbond substituents is 1. The summed E-state index contributed by atoms with van der Waals surface area (Å²) >= 11 is 3.07. The summed E-state index contributed by atoms with van der Waals surface area (Å²) in [5.41, 5.74) is 1.31. The highest BCUT2D eigenvalue weighted by atomic mass is 79.9. The van der Waals surface area contributed by atoms with Gasteiger partial charge in [-0.25, -0.2) is 4.39 Å². The molecule has 0 aliphatic carbocycles. The van der Waals surface area contributed by atoms with Gasteiger partial charge in [0.2, 0.25) is 0 Å². The summed E-state index contributed by atoms with van der Waals surface area (Å²) < 4.78 is 13.7. The zero-order chi connectivity index (χ0) is 13.1. The Morgan fingerprint density at radius 3 is 2.61 bits per heavy atom. The van der Waals surface area contributed by atoms with Crippen LogP contribution in [0.1, 0.15) is 17.2 Å². The third-order valence-electron chi connectivity index (χ3n) is 2.67. The van der Waals surface area contributed by atoms with Crippen LogP contribution in [0.25, 0.3) is 0 Å². The second-order valence-electron chi connectivity index (χ2n) is 4.06. The van der Waals surface area contributed by atoms with Crippen LogP contribution in [0.15, 0.2) is 46.9 Å². The largest absolute Gasteiger partial charge is 0.508 e. The summed E-state index contributed by atoms with van der Waals surface area (Å²) in [6, 6.07) is 11.2. The lowest BCUT2D eigenvalue weighted by atomic mass is 10.0. The van der Waals surface area contributed by atoms with Gasteiger partial charge in [-0.1, -0.05) is 18.2 Å². The molecule has 0 fully saturated rings. The molecular weight excluding hydrogens is 299 g/mol. The van der Waals surface area contributed by atoms with Gasteiger partial charge in [-0.05, 0) is 51.3 Å². The number of aromatic hydroxyl groups is 1. The van der Waals surface area contributed by atoms with Crippen LogP contribution in [-0.4, -0.2) is 10.2 Å². The standard InChI is InChI=1S/C14H12BrFO2/c15-12-5-4-10(8-13(12)16)14(18)7-9-2-1-3-11(17)6-9/h1-6,8,14,17-18H,7H2. The normalized spacial score (nSPS) is 12.4. The smallest absolute Gasteiger partial charge is 0.137 e. The lowest BCUT2D eigenvalue weighted by molar-refractivity contribution is 0.178. The van der Waals surface area contributed by atoms with Gasteiger partial charge < -0.3 is 10.2 Å². The third-order valence-corrected chi connectivity index (χ3v) is 3.31. The van der Waals surface area contributed by atoms with Crippen molar-refractivity contribution in [1.82, 2.24) is 0 Å². The van der Waals surface area contributed by atoms with E-state index in [1.54, 1.807) is 36.4 Å². The maximum absolute atomic E-state index is 13.3. The van der Waals surface area contributed by atoms with E-state index in [1.807, 2.05) is 0 Å². The van der Waals surface area contributed by atoms with Crippen molar-refractivity contribution in [1.29, 1.82) is 0 Å². The SMILES string of the molecule is Oc1cccc(CC(O)c2ccc(Br)c(F)c2)c1. The molecule has 18 heavy (non-hydrogen) atoms. The van der Waals surface area contributed by atoms with Crippen molar-refractivity contribution in [3.63, 3.8) is 0 Å². The molecular formula is C14H12BrFO2. The Morgan fingerprint density at radius 1 is 1.17 bits per heavy atom. The average Bonchev–Trinajstić information content (AvgIpc) is 2.32. The maximum Gasteiger partial charge on any atom is 0.137 e. The molecule has 0 aliphatic rings. The topological polar surface area (TPSA) is 40.5 Å². The fraction of sp³-hybridized carbons (Fsp3) is 0.143. The number of phenols is 1. The summed E-state index contributed by atoms with van der Waals surface area (Å²) in [7, 11) is 0. The Labute approximate surface area is 113 Å². The first-order valence-corrected chi connectivity index (χ1v) is 6.26. The quantitative estimate of drug-likeness (QED) is 0.910. The highest BCUT2D eigenvalue weighted by Crippen LogP contribution is 2.24. The third kappa shape index (κ3) is 3.09. The van der Waals surface area contributed by atoms with Crippen molar-refractivity contribution in [3.05, 3.63) is 63.9 Å². The second-order valence-corrected chi connectivity index (χ2v) is 4.92. The van der Waals surface area contributed by atoms with E-state index in [4.69, 9.17) is 0 Å². The summed E-state index contributed by atoms with van der Waals surface area (Å²) in [6.07, 6.45) is -0.468. The highest BCUT2D eigenvalue weighted by molar-refractivity contribution is 9.10. The van der Waals surface area contributed by atoms with Crippen LogP contribution in [0.2, 0.25) is 0 Å². The molecule has 0 amide bonds. The minimum Gasteiger partial charge on any atom is -0.508 e. The molecule has 0 aliphatic heterocycles. The average molecular weight is 311 g/mol. The van der Waals surface area contributed by atoms with Gasteiger partial charge in [0, 0.05) is 6.42 Å². The number of aliphatic hydroxyl groups is 1. The molecule has 2 nitrogen and oxygen atoms in total. The highest BCUT2D eigenvalue weighted by Gasteiger charge is 2.11. The van der Waals surface area contributed by atoms with Gasteiger partial charge in [-0.2, -0.15) is 0 Å². The van der Waals surface area contributed by atoms with E-state index in [-0.39, 0.29) is 5.75 Å². The van der Waals surface area contributed by atoms with Gasteiger partial charge in [0.15, 0.2) is 0 Å². The van der Waals surface area contributed by atoms with Crippen molar-refractivity contribution in [2.75, 3.05) is 0 Å². The van der Waals surface area contributed by atoms with Gasteiger partial charge in [-0.15, -0.1) is 0 Å². The van der Waals surface area contributed by atoms with Crippen LogP contribution in [0.3, 0.4) is 0 Å². The van der Waals surface area contributed by atoms with Crippen LogP contribution in [0, 0.1) is 5.82 Å². The van der Waals surface area contributed by atoms with E-state index in [0.717, 1.165) is 5.56 Å². The molecule has 0 saturated carbocycles. The molecule has 0 saturated heterocycles. The predicted molar refractivity (Wildman–Crippen MR) is 70.9 cm³/mol. The number of rotatable bonds is 3. The zero-order valence-corrected chi connectivity index (χ0v) is 11.1. The Morgan fingerprint density at radius 2 is 1.94 bits per heavy atom. The molecule has 0 bridgehead atoms. The Hall–Kier alpha value is -1.39. The van der Waals surface area contributed by atoms with Crippen molar-refractivity contribution < 1.29 is 14.6 Å². The number of benzene rings is 2. The molecule has 2 N–H and O–H groups in total. The Kier molecular flexibility index (Phi) is 3.99. The Balaban J connectivity index is 2.16. The summed E-state index contributed by atoms with van der Waals surface area (Å²) in [5.74, 6) is -0.246. The van der Waals surface area contributed by atoms with Gasteiger partial charge >= 0.3 is 0 Å². The van der Waals surface area contributed by atoms with E-state index in [0.29, 0.717) is 16.5 Å². The summed E-state index contributed by atoms with van der Waals surface area (Å²) in [4.78, 5) is 0. The molecule has 1 atom stereocenters. The lowest BCUT2D eigenvalue weighted by Gasteiger charge is -2.11. The fourth-order valence-corrected chi connectivity index (χ4v) is 1.99. The molecule has 2 aromatic rings. The second kappa shape index (κ2) is 5.50. The minimum absolute atomic E-state index is 0.154. The van der Waals surface area contributed by atoms with Crippen molar-refractivity contribution in [3.8, 4) is 5.75 Å².